The van der Waals surface area contributed by atoms with Crippen LogP contribution in [0.15, 0.2) is 36.4 Å². The van der Waals surface area contributed by atoms with Crippen LogP contribution < -0.4 is 14.2 Å². The first-order chi connectivity index (χ1) is 16.8. The molecule has 2 aliphatic rings. The number of ether oxygens (including phenoxy) is 3. The second kappa shape index (κ2) is 8.30. The normalized spacial score (nSPS) is 21.5. The van der Waals surface area contributed by atoms with Crippen LogP contribution >= 0.6 is 0 Å². The minimum absolute atomic E-state index is 0.0362. The van der Waals surface area contributed by atoms with Crippen molar-refractivity contribution in [2.24, 2.45) is 11.8 Å². The first kappa shape index (κ1) is 22.7. The Morgan fingerprint density at radius 2 is 1.26 bits per heavy atom. The van der Waals surface area contributed by atoms with Crippen molar-refractivity contribution >= 4 is 28.1 Å². The fourth-order valence-electron chi connectivity index (χ4n) is 5.60. The number of methoxy groups -OCH3 is 3. The average Bonchev–Trinajstić information content (AvgIpc) is 2.87. The zero-order chi connectivity index (χ0) is 25.0. The summed E-state index contributed by atoms with van der Waals surface area (Å²) in [5.41, 5.74) is 0.168. The molecule has 3 aromatic rings. The molecular weight excluding hydrogens is 452 g/mol. The zero-order valence-electron chi connectivity index (χ0n) is 19.5. The molecule has 1 saturated carbocycles. The molecule has 0 aliphatic heterocycles. The molecule has 35 heavy (non-hydrogen) atoms. The van der Waals surface area contributed by atoms with E-state index in [-0.39, 0.29) is 52.0 Å². The standard InChI is InChI=1S/C27H24O8/c1-33-18-8-12(9-19(34-2)27(18)35-3)16-10-13(28)11-17-20(16)26(32)22-21(25(17)31)23(29)14-6-4-5-7-15(14)24(22)30/h4-9,16-17,20,29-30H,10-11H2,1-3H3/t16-,17-,20+/m1/s1. The number of phenols is 2. The summed E-state index contributed by atoms with van der Waals surface area (Å²) in [7, 11) is 4.40. The van der Waals surface area contributed by atoms with Crippen molar-refractivity contribution in [1.82, 2.24) is 0 Å². The van der Waals surface area contributed by atoms with Gasteiger partial charge in [0.25, 0.3) is 0 Å². The van der Waals surface area contributed by atoms with Gasteiger partial charge in [0.1, 0.15) is 17.3 Å². The number of ketones is 3. The molecule has 0 spiro atoms. The van der Waals surface area contributed by atoms with Crippen LogP contribution in [0, 0.1) is 11.8 Å². The van der Waals surface area contributed by atoms with Crippen LogP contribution in [0.1, 0.15) is 45.0 Å². The van der Waals surface area contributed by atoms with Gasteiger partial charge in [0, 0.05) is 41.4 Å². The van der Waals surface area contributed by atoms with E-state index in [4.69, 9.17) is 14.2 Å². The van der Waals surface area contributed by atoms with E-state index in [1.165, 1.54) is 21.3 Å². The molecule has 5 rings (SSSR count). The fourth-order valence-corrected chi connectivity index (χ4v) is 5.60. The highest BCUT2D eigenvalue weighted by Crippen LogP contribution is 2.53. The molecule has 0 amide bonds. The monoisotopic (exact) mass is 476 g/mol. The summed E-state index contributed by atoms with van der Waals surface area (Å²) in [5.74, 6) is -3.29. The van der Waals surface area contributed by atoms with Crippen LogP contribution in [0.2, 0.25) is 0 Å². The first-order valence-corrected chi connectivity index (χ1v) is 11.2. The molecule has 3 aromatic carbocycles. The Morgan fingerprint density at radius 3 is 1.77 bits per heavy atom. The van der Waals surface area contributed by atoms with E-state index in [1.807, 2.05) is 0 Å². The molecule has 0 bridgehead atoms. The molecule has 0 heterocycles. The number of carbonyl (C=O) groups is 3. The summed E-state index contributed by atoms with van der Waals surface area (Å²) in [6.07, 6.45) is -0.0723. The SMILES string of the molecule is COc1cc([C@H]2CC(=O)C[C@H]3C(=O)c4c(c(O)c5ccccc5c4O)C(=O)[C@@H]23)cc(OC)c1OC. The number of hydrogen-bond acceptors (Lipinski definition) is 8. The lowest BCUT2D eigenvalue weighted by molar-refractivity contribution is -0.122. The third kappa shape index (κ3) is 3.24. The highest BCUT2D eigenvalue weighted by Gasteiger charge is 2.52. The van der Waals surface area contributed by atoms with Crippen LogP contribution in [-0.4, -0.2) is 48.9 Å². The van der Waals surface area contributed by atoms with Gasteiger partial charge in [-0.3, -0.25) is 14.4 Å². The molecule has 3 atom stereocenters. The van der Waals surface area contributed by atoms with Crippen LogP contribution in [-0.2, 0) is 4.79 Å². The van der Waals surface area contributed by atoms with Crippen molar-refractivity contribution in [3.8, 4) is 28.7 Å². The highest BCUT2D eigenvalue weighted by atomic mass is 16.5. The van der Waals surface area contributed by atoms with Crippen LogP contribution in [0.25, 0.3) is 10.8 Å². The Kier molecular flexibility index (Phi) is 5.39. The van der Waals surface area contributed by atoms with E-state index >= 15 is 0 Å². The van der Waals surface area contributed by atoms with Gasteiger partial charge in [0.15, 0.2) is 23.1 Å². The number of carbonyl (C=O) groups excluding carboxylic acids is 3. The summed E-state index contributed by atoms with van der Waals surface area (Å²) >= 11 is 0. The van der Waals surface area contributed by atoms with Crippen molar-refractivity contribution < 1.29 is 38.8 Å². The van der Waals surface area contributed by atoms with Gasteiger partial charge in [-0.25, -0.2) is 0 Å². The molecule has 2 aliphatic carbocycles. The molecule has 8 heteroatoms. The van der Waals surface area contributed by atoms with Gasteiger partial charge in [-0.1, -0.05) is 24.3 Å². The quantitative estimate of drug-likeness (QED) is 0.542. The van der Waals surface area contributed by atoms with E-state index in [9.17, 15) is 24.6 Å². The van der Waals surface area contributed by atoms with Gasteiger partial charge < -0.3 is 24.4 Å². The molecule has 8 nitrogen and oxygen atoms in total. The van der Waals surface area contributed by atoms with Gasteiger partial charge in [0.2, 0.25) is 5.75 Å². The van der Waals surface area contributed by atoms with Crippen molar-refractivity contribution in [2.45, 2.75) is 18.8 Å². The molecule has 0 aromatic heterocycles. The maximum Gasteiger partial charge on any atom is 0.203 e. The van der Waals surface area contributed by atoms with Crippen molar-refractivity contribution in [3.63, 3.8) is 0 Å². The topological polar surface area (TPSA) is 119 Å². The Labute approximate surface area is 201 Å². The Hall–Kier alpha value is -4.07. The lowest BCUT2D eigenvalue weighted by atomic mass is 9.60. The van der Waals surface area contributed by atoms with Gasteiger partial charge in [-0.15, -0.1) is 0 Å². The molecule has 0 radical (unpaired) electrons. The zero-order valence-corrected chi connectivity index (χ0v) is 19.5. The third-order valence-electron chi connectivity index (χ3n) is 7.17. The average molecular weight is 476 g/mol. The number of phenolic OH excluding ortho intramolecular Hbond substituents is 2. The van der Waals surface area contributed by atoms with E-state index in [0.717, 1.165) is 0 Å². The molecule has 0 unspecified atom stereocenters. The van der Waals surface area contributed by atoms with Crippen LogP contribution in [0.4, 0.5) is 0 Å². The number of benzene rings is 3. The Balaban J connectivity index is 1.73. The highest BCUT2D eigenvalue weighted by molar-refractivity contribution is 6.23. The number of hydrogen-bond donors (Lipinski definition) is 2. The predicted octanol–water partition coefficient (Wildman–Crippen LogP) is 4.03. The van der Waals surface area contributed by atoms with E-state index in [1.54, 1.807) is 36.4 Å². The smallest absolute Gasteiger partial charge is 0.203 e. The minimum Gasteiger partial charge on any atom is -0.507 e. The molecule has 1 fully saturated rings. The van der Waals surface area contributed by atoms with Crippen LogP contribution in [0.3, 0.4) is 0 Å². The van der Waals surface area contributed by atoms with E-state index in [2.05, 4.69) is 0 Å². The van der Waals surface area contributed by atoms with E-state index in [0.29, 0.717) is 22.8 Å². The maximum absolute atomic E-state index is 13.9. The first-order valence-electron chi connectivity index (χ1n) is 11.2. The second-order valence-electron chi connectivity index (χ2n) is 8.87. The van der Waals surface area contributed by atoms with E-state index < -0.39 is 29.3 Å². The van der Waals surface area contributed by atoms with Gasteiger partial charge >= 0.3 is 0 Å². The van der Waals surface area contributed by atoms with Gasteiger partial charge in [-0.2, -0.15) is 0 Å². The number of fused-ring (bicyclic) bond motifs is 3. The maximum atomic E-state index is 13.9. The largest absolute Gasteiger partial charge is 0.507 e. The predicted molar refractivity (Wildman–Crippen MR) is 126 cm³/mol. The van der Waals surface area contributed by atoms with Gasteiger partial charge in [-0.05, 0) is 17.7 Å². The number of aromatic hydroxyl groups is 2. The lowest BCUT2D eigenvalue weighted by Crippen LogP contribution is -2.44. The minimum atomic E-state index is -0.952. The summed E-state index contributed by atoms with van der Waals surface area (Å²) in [6.45, 7) is 0. The molecule has 180 valence electrons. The summed E-state index contributed by atoms with van der Waals surface area (Å²) in [5, 5.41) is 22.5. The molecule has 0 saturated heterocycles. The molecular formula is C27H24O8. The molecule has 2 N–H and O–H groups in total. The second-order valence-corrected chi connectivity index (χ2v) is 8.87. The Morgan fingerprint density at radius 1 is 0.743 bits per heavy atom. The summed E-state index contributed by atoms with van der Waals surface area (Å²) in [4.78, 5) is 40.4. The number of Topliss-reactive ketones (excluding diaryl/α,β-unsaturated/α-hetero) is 3. The fraction of sp³-hybridized carbons (Fsp3) is 0.296. The number of rotatable bonds is 4. The Bertz CT molecular complexity index is 1380. The van der Waals surface area contributed by atoms with Crippen LogP contribution in [0.5, 0.6) is 28.7 Å². The van der Waals surface area contributed by atoms with Crippen molar-refractivity contribution in [1.29, 1.82) is 0 Å². The summed E-state index contributed by atoms with van der Waals surface area (Å²) in [6, 6.07) is 9.83. The lowest BCUT2D eigenvalue weighted by Gasteiger charge is -2.40. The van der Waals surface area contributed by atoms with Gasteiger partial charge in [0.05, 0.1) is 32.5 Å². The van der Waals surface area contributed by atoms with Crippen molar-refractivity contribution in [2.75, 3.05) is 21.3 Å². The summed E-state index contributed by atoms with van der Waals surface area (Å²) < 4.78 is 16.3. The third-order valence-corrected chi connectivity index (χ3v) is 7.17. The van der Waals surface area contributed by atoms with Crippen molar-refractivity contribution in [3.05, 3.63) is 53.1 Å².